The van der Waals surface area contributed by atoms with Gasteiger partial charge in [0.2, 0.25) is 17.6 Å². The summed E-state index contributed by atoms with van der Waals surface area (Å²) in [7, 11) is 0. The second-order valence-electron chi connectivity index (χ2n) is 14.2. The number of Topliss-reactive ketones (excluding diaryl/α,β-unsaturated/α-hetero) is 1. The number of halogens is 3. The zero-order chi connectivity index (χ0) is 37.1. The normalized spacial score (nSPS) is 21.0. The van der Waals surface area contributed by atoms with Gasteiger partial charge in [-0.15, -0.1) is 0 Å². The second-order valence-corrected chi connectivity index (χ2v) is 14.7. The van der Waals surface area contributed by atoms with Crippen LogP contribution in [0.15, 0.2) is 48.5 Å². The first-order valence-electron chi connectivity index (χ1n) is 16.8. The number of rotatable bonds is 12. The first kappa shape index (κ1) is 37.7. The van der Waals surface area contributed by atoms with Crippen LogP contribution in [0, 0.1) is 17.0 Å². The van der Waals surface area contributed by atoms with Crippen LogP contribution >= 0.6 is 11.6 Å². The van der Waals surface area contributed by atoms with Crippen LogP contribution in [0.5, 0.6) is 0 Å². The maximum absolute atomic E-state index is 14.5. The molecule has 274 valence electrons. The summed E-state index contributed by atoms with van der Waals surface area (Å²) in [6.45, 7) is 6.17. The molecule has 1 aliphatic carbocycles. The van der Waals surface area contributed by atoms with Crippen LogP contribution in [0.1, 0.15) is 70.9 Å². The lowest BCUT2D eigenvalue weighted by atomic mass is 9.85. The molecule has 2 aromatic rings. The van der Waals surface area contributed by atoms with Crippen molar-refractivity contribution in [2.45, 2.75) is 96.2 Å². The molecule has 0 radical (unpaired) electrons. The fraction of sp³-hybridized carbons (Fsp3) is 0.472. The number of hydrogen-bond acceptors (Lipinski definition) is 8. The number of hydrogen-bond donors (Lipinski definition) is 4. The van der Waals surface area contributed by atoms with Crippen LogP contribution < -0.4 is 21.4 Å². The number of nitrogens with one attached hydrogen (secondary N) is 4. The summed E-state index contributed by atoms with van der Waals surface area (Å²) in [6.07, 6.45) is 2.88. The number of nitrogens with zero attached hydrogens (tertiary/aromatic N) is 1. The number of hydroxylamine groups is 1. The molecule has 3 aliphatic rings. The number of ether oxygens (including phenoxy) is 1. The summed E-state index contributed by atoms with van der Waals surface area (Å²) < 4.78 is 33.0. The molecule has 0 aromatic heterocycles. The molecular formula is C36H42ClF2N5O7. The van der Waals surface area contributed by atoms with Gasteiger partial charge in [0, 0.05) is 28.6 Å². The van der Waals surface area contributed by atoms with E-state index in [1.54, 1.807) is 45.0 Å². The van der Waals surface area contributed by atoms with Gasteiger partial charge in [0.05, 0.1) is 18.3 Å². The molecule has 1 saturated carbocycles. The third-order valence-corrected chi connectivity index (χ3v) is 9.17. The van der Waals surface area contributed by atoms with Gasteiger partial charge in [0.1, 0.15) is 35.9 Å². The van der Waals surface area contributed by atoms with Crippen LogP contribution in [0.3, 0.4) is 0 Å². The van der Waals surface area contributed by atoms with Crippen molar-refractivity contribution in [1.29, 1.82) is 0 Å². The highest BCUT2D eigenvalue weighted by Gasteiger charge is 2.54. The van der Waals surface area contributed by atoms with Crippen molar-refractivity contribution >= 4 is 46.9 Å². The predicted molar refractivity (Wildman–Crippen MR) is 182 cm³/mol. The zero-order valence-electron chi connectivity index (χ0n) is 28.8. The fourth-order valence-corrected chi connectivity index (χ4v) is 6.25. The van der Waals surface area contributed by atoms with E-state index in [0.717, 1.165) is 31.0 Å². The number of carbonyl (C=O) groups excluding carboxylic acids is 5. The number of alkyl carbamates (subject to hydrolysis) is 1. The molecule has 4 amide bonds. The molecule has 4 atom stereocenters. The first-order valence-corrected chi connectivity index (χ1v) is 17.2. The molecular weight excluding hydrogens is 688 g/mol. The lowest BCUT2D eigenvalue weighted by molar-refractivity contribution is -0.144. The summed E-state index contributed by atoms with van der Waals surface area (Å²) in [5.41, 5.74) is 1.80. The Morgan fingerprint density at radius 2 is 1.84 bits per heavy atom. The number of likely N-dealkylation sites (tertiary alicyclic amines) is 1. The number of ketones is 1. The minimum absolute atomic E-state index is 0.0386. The maximum Gasteiger partial charge on any atom is 0.408 e. The van der Waals surface area contributed by atoms with Crippen LogP contribution in [-0.4, -0.2) is 70.8 Å². The van der Waals surface area contributed by atoms with Crippen LogP contribution in [0.4, 0.5) is 13.6 Å². The molecule has 5 rings (SSSR count). The van der Waals surface area contributed by atoms with Gasteiger partial charge in [-0.1, -0.05) is 57.8 Å². The highest BCUT2D eigenvalue weighted by Crippen LogP contribution is 2.39. The third kappa shape index (κ3) is 9.22. The molecule has 15 heteroatoms. The van der Waals surface area contributed by atoms with E-state index in [1.807, 2.05) is 13.0 Å². The Labute approximate surface area is 299 Å². The van der Waals surface area contributed by atoms with Crippen molar-refractivity contribution in [2.75, 3.05) is 6.54 Å². The molecule has 51 heavy (non-hydrogen) atoms. The van der Waals surface area contributed by atoms with E-state index in [9.17, 15) is 32.8 Å². The maximum atomic E-state index is 14.5. The van der Waals surface area contributed by atoms with Crippen molar-refractivity contribution < 1.29 is 42.3 Å². The zero-order valence-corrected chi connectivity index (χ0v) is 29.6. The van der Waals surface area contributed by atoms with E-state index in [2.05, 4.69) is 21.4 Å². The molecule has 2 fully saturated rings. The highest BCUT2D eigenvalue weighted by molar-refractivity contribution is 6.38. The SMILES string of the molecule is CCC[C@H](NC(=O)[C@@H]1C[C@]2(C=C(c3cccc(Cl)c3)NO2)CN1C(=O)[C@@H](NC(=O)OCc1cc(F)ccc1F)C(C)(C)C)C(=O)C(=O)NC1CC1. The van der Waals surface area contributed by atoms with Gasteiger partial charge in [-0.25, -0.2) is 13.6 Å². The summed E-state index contributed by atoms with van der Waals surface area (Å²) in [4.78, 5) is 74.6. The molecule has 1 saturated heterocycles. The average Bonchev–Trinajstić information content (AvgIpc) is 3.67. The number of carbonyl (C=O) groups is 5. The molecule has 0 unspecified atom stereocenters. The minimum atomic E-state index is -1.27. The number of amides is 4. The van der Waals surface area contributed by atoms with Gasteiger partial charge >= 0.3 is 6.09 Å². The summed E-state index contributed by atoms with van der Waals surface area (Å²) in [6, 6.07) is 6.09. The van der Waals surface area contributed by atoms with E-state index in [4.69, 9.17) is 21.2 Å². The van der Waals surface area contributed by atoms with Gasteiger partial charge in [0.25, 0.3) is 5.91 Å². The number of benzene rings is 2. The van der Waals surface area contributed by atoms with Crippen molar-refractivity contribution in [2.24, 2.45) is 5.41 Å². The van der Waals surface area contributed by atoms with Crippen LogP contribution in [0.2, 0.25) is 5.02 Å². The molecule has 2 aromatic carbocycles. The molecule has 2 aliphatic heterocycles. The van der Waals surface area contributed by atoms with E-state index in [-0.39, 0.29) is 31.0 Å². The Morgan fingerprint density at radius 1 is 1.10 bits per heavy atom. The van der Waals surface area contributed by atoms with E-state index in [1.165, 1.54) is 4.90 Å². The Balaban J connectivity index is 1.40. The van der Waals surface area contributed by atoms with Gasteiger partial charge in [-0.05, 0) is 61.1 Å². The molecule has 2 heterocycles. The smallest absolute Gasteiger partial charge is 0.408 e. The summed E-state index contributed by atoms with van der Waals surface area (Å²) >= 11 is 6.21. The third-order valence-electron chi connectivity index (χ3n) is 8.93. The van der Waals surface area contributed by atoms with Gasteiger partial charge in [-0.2, -0.15) is 0 Å². The van der Waals surface area contributed by atoms with Gasteiger partial charge in [0.15, 0.2) is 0 Å². The largest absolute Gasteiger partial charge is 0.445 e. The quantitative estimate of drug-likeness (QED) is 0.236. The van der Waals surface area contributed by atoms with Crippen molar-refractivity contribution in [1.82, 2.24) is 26.3 Å². The predicted octanol–water partition coefficient (Wildman–Crippen LogP) is 4.31. The lowest BCUT2D eigenvalue weighted by Crippen LogP contribution is -2.59. The average molecular weight is 730 g/mol. The standard InChI is InChI=1S/C36H42ClF2N5O7/c1-5-7-26(29(45)32(47)40-24-11-12-24)41-31(46)28-17-36(16-27(43-51-36)20-8-6-9-22(37)14-20)19-44(28)33(48)30(35(2,3)4)42-34(49)50-18-21-15-23(38)10-13-25(21)39/h6,8-10,13-16,24,26,28,30,43H,5,7,11-12,17-19H2,1-4H3,(H,40,47)(H,41,46)(H,42,49)/t26-,28-,30+,36+/m0/s1. The van der Waals surface area contributed by atoms with E-state index < -0.39 is 77.0 Å². The van der Waals surface area contributed by atoms with Gasteiger partial charge < -0.3 is 25.6 Å². The Hall–Kier alpha value is -4.56. The Bertz CT molecular complexity index is 1730. The van der Waals surface area contributed by atoms with Crippen LogP contribution in [0.25, 0.3) is 5.70 Å². The van der Waals surface area contributed by atoms with E-state index in [0.29, 0.717) is 22.7 Å². The second kappa shape index (κ2) is 15.4. The first-order chi connectivity index (χ1) is 24.1. The molecule has 12 nitrogen and oxygen atoms in total. The van der Waals surface area contributed by atoms with Gasteiger partial charge in [-0.3, -0.25) is 29.5 Å². The van der Waals surface area contributed by atoms with Crippen molar-refractivity contribution in [3.63, 3.8) is 0 Å². The van der Waals surface area contributed by atoms with Crippen molar-refractivity contribution in [3.8, 4) is 0 Å². The minimum Gasteiger partial charge on any atom is -0.445 e. The molecule has 1 spiro atoms. The monoisotopic (exact) mass is 729 g/mol. The molecule has 4 N–H and O–H groups in total. The lowest BCUT2D eigenvalue weighted by Gasteiger charge is -2.35. The summed E-state index contributed by atoms with van der Waals surface area (Å²) in [5, 5.41) is 8.40. The van der Waals surface area contributed by atoms with Crippen LogP contribution in [-0.2, 0) is 35.4 Å². The Morgan fingerprint density at radius 3 is 2.51 bits per heavy atom. The highest BCUT2D eigenvalue weighted by atomic mass is 35.5. The topological polar surface area (TPSA) is 155 Å². The Kier molecular flexibility index (Phi) is 11.3. The molecule has 0 bridgehead atoms. The van der Waals surface area contributed by atoms with E-state index >= 15 is 0 Å². The summed E-state index contributed by atoms with van der Waals surface area (Å²) in [5.74, 6) is -4.39. The fourth-order valence-electron chi connectivity index (χ4n) is 6.06. The van der Waals surface area contributed by atoms with Crippen molar-refractivity contribution in [3.05, 3.63) is 76.3 Å².